The molecule has 2 rings (SSSR count). The minimum Gasteiger partial charge on any atom is -0.338 e. The Bertz CT molecular complexity index is 413. The van der Waals surface area contributed by atoms with Gasteiger partial charge in [-0.2, -0.15) is 0 Å². The minimum absolute atomic E-state index is 0.106. The Kier molecular flexibility index (Phi) is 3.60. The van der Waals surface area contributed by atoms with Crippen LogP contribution < -0.4 is 10.6 Å². The normalized spacial score (nSPS) is 15.3. The molecule has 1 aliphatic carbocycles. The number of urea groups is 1. The van der Waals surface area contributed by atoms with Gasteiger partial charge in [-0.3, -0.25) is 0 Å². The molecule has 2 N–H and O–H groups in total. The Labute approximate surface area is 109 Å². The third-order valence-corrected chi connectivity index (χ3v) is 3.26. The predicted octanol–water partition coefficient (Wildman–Crippen LogP) is 3.52. The molecule has 18 heavy (non-hydrogen) atoms. The third-order valence-electron chi connectivity index (χ3n) is 3.26. The molecule has 3 heteroatoms. The fourth-order valence-electron chi connectivity index (χ4n) is 1.79. The summed E-state index contributed by atoms with van der Waals surface area (Å²) in [7, 11) is 0. The molecule has 98 valence electrons. The van der Waals surface area contributed by atoms with Gasteiger partial charge in [-0.25, -0.2) is 4.79 Å². The van der Waals surface area contributed by atoms with Crippen molar-refractivity contribution in [3.63, 3.8) is 0 Å². The molecule has 2 amide bonds. The maximum Gasteiger partial charge on any atom is 0.319 e. The summed E-state index contributed by atoms with van der Waals surface area (Å²) in [4.78, 5) is 11.6. The van der Waals surface area contributed by atoms with E-state index in [2.05, 4.69) is 43.5 Å². The van der Waals surface area contributed by atoms with Gasteiger partial charge in [0.15, 0.2) is 0 Å². The van der Waals surface area contributed by atoms with E-state index >= 15 is 0 Å². The first-order valence-corrected chi connectivity index (χ1v) is 6.60. The van der Waals surface area contributed by atoms with Crippen molar-refractivity contribution in [2.75, 3.05) is 11.9 Å². The van der Waals surface area contributed by atoms with Crippen LogP contribution >= 0.6 is 0 Å². The molecule has 0 heterocycles. The average Bonchev–Trinajstić information content (AvgIpc) is 3.09. The maximum absolute atomic E-state index is 11.6. The molecule has 0 saturated heterocycles. The van der Waals surface area contributed by atoms with Gasteiger partial charge in [0.05, 0.1) is 0 Å². The van der Waals surface area contributed by atoms with E-state index in [1.165, 1.54) is 18.4 Å². The second-order valence-electron chi connectivity index (χ2n) is 6.11. The number of rotatable bonds is 3. The number of carbonyl (C=O) groups is 1. The first kappa shape index (κ1) is 12.9. The van der Waals surface area contributed by atoms with Crippen molar-refractivity contribution < 1.29 is 4.79 Å². The van der Waals surface area contributed by atoms with Gasteiger partial charge in [0.25, 0.3) is 0 Å². The second kappa shape index (κ2) is 5.01. The van der Waals surface area contributed by atoms with Crippen LogP contribution in [0.25, 0.3) is 0 Å². The SMILES string of the molecule is CC(C)(C)c1ccc(NC(=O)NCC2CC2)cc1. The lowest BCUT2D eigenvalue weighted by Crippen LogP contribution is -2.30. The summed E-state index contributed by atoms with van der Waals surface area (Å²) < 4.78 is 0. The van der Waals surface area contributed by atoms with E-state index in [1.807, 2.05) is 12.1 Å². The van der Waals surface area contributed by atoms with Crippen molar-refractivity contribution in [1.29, 1.82) is 0 Å². The van der Waals surface area contributed by atoms with Crippen LogP contribution in [0.3, 0.4) is 0 Å². The summed E-state index contributed by atoms with van der Waals surface area (Å²) in [5.74, 6) is 0.707. The predicted molar refractivity (Wildman–Crippen MR) is 74.9 cm³/mol. The minimum atomic E-state index is -0.106. The summed E-state index contributed by atoms with van der Waals surface area (Å²) >= 11 is 0. The fraction of sp³-hybridized carbons (Fsp3) is 0.533. The number of anilines is 1. The van der Waals surface area contributed by atoms with Gasteiger partial charge in [-0.1, -0.05) is 32.9 Å². The zero-order valence-corrected chi connectivity index (χ0v) is 11.4. The molecule has 1 aromatic rings. The van der Waals surface area contributed by atoms with Gasteiger partial charge in [-0.15, -0.1) is 0 Å². The van der Waals surface area contributed by atoms with Crippen molar-refractivity contribution in [1.82, 2.24) is 5.32 Å². The number of nitrogens with one attached hydrogen (secondary N) is 2. The lowest BCUT2D eigenvalue weighted by atomic mass is 9.87. The molecule has 0 aromatic heterocycles. The lowest BCUT2D eigenvalue weighted by Gasteiger charge is -2.19. The van der Waals surface area contributed by atoms with Gasteiger partial charge < -0.3 is 10.6 Å². The molecule has 1 saturated carbocycles. The fourth-order valence-corrected chi connectivity index (χ4v) is 1.79. The van der Waals surface area contributed by atoms with Crippen LogP contribution in [0.4, 0.5) is 10.5 Å². The summed E-state index contributed by atoms with van der Waals surface area (Å²) in [6, 6.07) is 7.94. The Morgan fingerprint density at radius 3 is 2.33 bits per heavy atom. The van der Waals surface area contributed by atoms with Crippen molar-refractivity contribution in [2.24, 2.45) is 5.92 Å². The molecule has 0 atom stereocenters. The zero-order valence-electron chi connectivity index (χ0n) is 11.4. The molecule has 3 nitrogen and oxygen atoms in total. The number of hydrogen-bond donors (Lipinski definition) is 2. The van der Waals surface area contributed by atoms with Gasteiger partial charge >= 0.3 is 6.03 Å². The quantitative estimate of drug-likeness (QED) is 0.841. The van der Waals surface area contributed by atoms with Gasteiger partial charge in [-0.05, 0) is 41.9 Å². The monoisotopic (exact) mass is 246 g/mol. The van der Waals surface area contributed by atoms with E-state index in [0.717, 1.165) is 12.2 Å². The Morgan fingerprint density at radius 1 is 1.22 bits per heavy atom. The molecule has 0 unspecified atom stereocenters. The van der Waals surface area contributed by atoms with Crippen LogP contribution in [0.2, 0.25) is 0 Å². The zero-order chi connectivity index (χ0) is 13.2. The highest BCUT2D eigenvalue weighted by molar-refractivity contribution is 5.89. The number of amides is 2. The molecule has 1 aromatic carbocycles. The van der Waals surface area contributed by atoms with E-state index in [-0.39, 0.29) is 11.4 Å². The highest BCUT2D eigenvalue weighted by Gasteiger charge is 2.21. The average molecular weight is 246 g/mol. The van der Waals surface area contributed by atoms with Crippen molar-refractivity contribution in [3.8, 4) is 0 Å². The molecule has 1 aliphatic rings. The van der Waals surface area contributed by atoms with Crippen LogP contribution in [0.15, 0.2) is 24.3 Å². The Morgan fingerprint density at radius 2 is 1.83 bits per heavy atom. The van der Waals surface area contributed by atoms with E-state index in [9.17, 15) is 4.79 Å². The Balaban J connectivity index is 1.87. The lowest BCUT2D eigenvalue weighted by molar-refractivity contribution is 0.251. The van der Waals surface area contributed by atoms with Crippen LogP contribution in [0.5, 0.6) is 0 Å². The van der Waals surface area contributed by atoms with Crippen LogP contribution in [0, 0.1) is 5.92 Å². The number of hydrogen-bond acceptors (Lipinski definition) is 1. The molecule has 0 bridgehead atoms. The van der Waals surface area contributed by atoms with Crippen molar-refractivity contribution >= 4 is 11.7 Å². The molecule has 0 aliphatic heterocycles. The summed E-state index contributed by atoms with van der Waals surface area (Å²) in [6.07, 6.45) is 2.50. The first-order chi connectivity index (χ1) is 8.45. The maximum atomic E-state index is 11.6. The molecule has 1 fully saturated rings. The molecular weight excluding hydrogens is 224 g/mol. The van der Waals surface area contributed by atoms with Gasteiger partial charge in [0.1, 0.15) is 0 Å². The van der Waals surface area contributed by atoms with Gasteiger partial charge in [0.2, 0.25) is 0 Å². The topological polar surface area (TPSA) is 41.1 Å². The highest BCUT2D eigenvalue weighted by atomic mass is 16.2. The summed E-state index contributed by atoms with van der Waals surface area (Å²) in [6.45, 7) is 7.33. The first-order valence-electron chi connectivity index (χ1n) is 6.60. The molecule has 0 radical (unpaired) electrons. The molecular formula is C15H22N2O. The largest absolute Gasteiger partial charge is 0.338 e. The number of carbonyl (C=O) groups excluding carboxylic acids is 1. The van der Waals surface area contributed by atoms with E-state index in [4.69, 9.17) is 0 Å². The van der Waals surface area contributed by atoms with Crippen molar-refractivity contribution in [3.05, 3.63) is 29.8 Å². The standard InChI is InChI=1S/C15H22N2O/c1-15(2,3)12-6-8-13(9-7-12)17-14(18)16-10-11-4-5-11/h6-9,11H,4-5,10H2,1-3H3,(H2,16,17,18). The Hall–Kier alpha value is -1.51. The van der Waals surface area contributed by atoms with Gasteiger partial charge in [0, 0.05) is 12.2 Å². The van der Waals surface area contributed by atoms with Crippen molar-refractivity contribution in [2.45, 2.75) is 39.0 Å². The highest BCUT2D eigenvalue weighted by Crippen LogP contribution is 2.27. The van der Waals surface area contributed by atoms with E-state index < -0.39 is 0 Å². The van der Waals surface area contributed by atoms with E-state index in [1.54, 1.807) is 0 Å². The van der Waals surface area contributed by atoms with Crippen LogP contribution in [-0.2, 0) is 5.41 Å². The summed E-state index contributed by atoms with van der Waals surface area (Å²) in [5.41, 5.74) is 2.26. The summed E-state index contributed by atoms with van der Waals surface area (Å²) in [5, 5.41) is 5.74. The van der Waals surface area contributed by atoms with E-state index in [0.29, 0.717) is 5.92 Å². The molecule has 0 spiro atoms. The second-order valence-corrected chi connectivity index (χ2v) is 6.11. The van der Waals surface area contributed by atoms with Crippen LogP contribution in [0.1, 0.15) is 39.2 Å². The van der Waals surface area contributed by atoms with Crippen LogP contribution in [-0.4, -0.2) is 12.6 Å². The smallest absolute Gasteiger partial charge is 0.319 e. The third kappa shape index (κ3) is 3.76. The number of benzene rings is 1.